The summed E-state index contributed by atoms with van der Waals surface area (Å²) in [7, 11) is -1.87. The maximum Gasteiger partial charge on any atom is 0.572 e. The summed E-state index contributed by atoms with van der Waals surface area (Å²) < 4.78 is 14.1. The van der Waals surface area contributed by atoms with Crippen molar-refractivity contribution in [3.63, 3.8) is 0 Å². The maximum absolute atomic E-state index is 7.05. The Morgan fingerprint density at radius 1 is 0.526 bits per heavy atom. The quantitative estimate of drug-likeness (QED) is 0.295. The lowest BCUT2D eigenvalue weighted by Crippen LogP contribution is -2.44. The second kappa shape index (κ2) is 9.59. The number of hydrogen-bond donors (Lipinski definition) is 0. The van der Waals surface area contributed by atoms with E-state index in [0.717, 1.165) is 23.1 Å². The van der Waals surface area contributed by atoms with Crippen LogP contribution >= 0.6 is 0 Å². The molecule has 38 heavy (non-hydrogen) atoms. The van der Waals surface area contributed by atoms with Gasteiger partial charge in [0, 0.05) is 11.6 Å². The summed E-state index contributed by atoms with van der Waals surface area (Å²) in [5.74, 6) is 2.01. The third-order valence-electron chi connectivity index (χ3n) is 7.46. The zero-order chi connectivity index (χ0) is 28.3. The van der Waals surface area contributed by atoms with Crippen LogP contribution in [0, 0.1) is 0 Å². The lowest BCUT2D eigenvalue weighted by atomic mass is 9.76. The van der Waals surface area contributed by atoms with Crippen molar-refractivity contribution in [1.29, 1.82) is 0 Å². The van der Waals surface area contributed by atoms with Gasteiger partial charge in [-0.1, -0.05) is 138 Å². The molecule has 203 valence electrons. The Bertz CT molecular complexity index is 1230. The molecular weight excluding hydrogens is 480 g/mol. The van der Waals surface area contributed by atoms with E-state index in [0.29, 0.717) is 0 Å². The highest BCUT2D eigenvalue weighted by Gasteiger charge is 2.36. The molecule has 0 aliphatic carbocycles. The van der Waals surface area contributed by atoms with Crippen molar-refractivity contribution >= 4 is 14.5 Å². The smallest absolute Gasteiger partial charge is 0.506 e. The van der Waals surface area contributed by atoms with Crippen molar-refractivity contribution in [3.05, 3.63) is 88.0 Å². The second-order valence-electron chi connectivity index (χ2n) is 15.1. The molecule has 0 fully saturated rings. The average molecular weight is 528 g/mol. The molecule has 1 aliphatic heterocycles. The maximum atomic E-state index is 7.05. The molecule has 3 aromatic rings. The van der Waals surface area contributed by atoms with Gasteiger partial charge in [0.15, 0.2) is 0 Å². The Balaban J connectivity index is 2.09. The van der Waals surface area contributed by atoms with Gasteiger partial charge in [0.25, 0.3) is 0 Å². The largest absolute Gasteiger partial charge is 0.572 e. The van der Waals surface area contributed by atoms with Gasteiger partial charge in [-0.05, 0) is 55.0 Å². The number of fused-ring (bicyclic) bond motifs is 2. The van der Waals surface area contributed by atoms with Crippen LogP contribution in [0.4, 0.5) is 0 Å². The Labute approximate surface area is 233 Å². The van der Waals surface area contributed by atoms with Crippen molar-refractivity contribution in [1.82, 2.24) is 0 Å². The fourth-order valence-electron chi connectivity index (χ4n) is 4.97. The highest BCUT2D eigenvalue weighted by molar-refractivity contribution is 6.62. The minimum atomic E-state index is -1.87. The van der Waals surface area contributed by atoms with Crippen LogP contribution in [0.5, 0.6) is 11.5 Å². The molecule has 0 saturated carbocycles. The van der Waals surface area contributed by atoms with Gasteiger partial charge >= 0.3 is 9.28 Å². The second-order valence-corrected chi connectivity index (χ2v) is 16.6. The topological polar surface area (TPSA) is 18.5 Å². The van der Waals surface area contributed by atoms with Crippen LogP contribution in [0.15, 0.2) is 54.6 Å². The van der Waals surface area contributed by atoms with Crippen LogP contribution in [-0.4, -0.2) is 9.28 Å². The van der Waals surface area contributed by atoms with Crippen LogP contribution in [0.2, 0.25) is 0 Å². The molecule has 0 bridgehead atoms. The minimum absolute atomic E-state index is 0.0355. The predicted octanol–water partition coefficient (Wildman–Crippen LogP) is 8.63. The summed E-state index contributed by atoms with van der Waals surface area (Å²) in [6.45, 7) is 27.5. The normalized spacial score (nSPS) is 15.1. The predicted molar refractivity (Wildman–Crippen MR) is 164 cm³/mol. The third kappa shape index (κ3) is 5.88. The van der Waals surface area contributed by atoms with Crippen LogP contribution in [0.3, 0.4) is 0 Å². The highest BCUT2D eigenvalue weighted by atomic mass is 28.3. The zero-order valence-electron chi connectivity index (χ0n) is 25.7. The first kappa shape index (κ1) is 28.5. The monoisotopic (exact) mass is 527 g/mol. The standard InChI is InChI=1S/C35H47O2Si/c1-32(2,3)25-19-23-18-24-20-26(33(4,5)6)22-29(35(10,11)12)31(24)37-38(27-16-14-13-15-17-27)36-30(23)28(21-25)34(7,8)9/h13-17,19-22H,18H2,1-12H3. The molecule has 1 aliphatic rings. The van der Waals surface area contributed by atoms with Crippen molar-refractivity contribution in [3.8, 4) is 11.5 Å². The molecule has 1 radical (unpaired) electrons. The Kier molecular flexibility index (Phi) is 7.19. The van der Waals surface area contributed by atoms with E-state index in [1.807, 2.05) is 0 Å². The summed E-state index contributed by atoms with van der Waals surface area (Å²) >= 11 is 0. The van der Waals surface area contributed by atoms with Crippen molar-refractivity contribution in [2.75, 3.05) is 0 Å². The molecule has 0 amide bonds. The summed E-state index contributed by atoms with van der Waals surface area (Å²) in [4.78, 5) is 0. The molecule has 3 aromatic carbocycles. The van der Waals surface area contributed by atoms with Gasteiger partial charge in [0.1, 0.15) is 11.5 Å². The van der Waals surface area contributed by atoms with E-state index >= 15 is 0 Å². The molecular formula is C35H47O2Si. The van der Waals surface area contributed by atoms with E-state index in [1.54, 1.807) is 0 Å². The zero-order valence-corrected chi connectivity index (χ0v) is 26.7. The van der Waals surface area contributed by atoms with Gasteiger partial charge in [-0.15, -0.1) is 0 Å². The van der Waals surface area contributed by atoms with Crippen molar-refractivity contribution in [2.24, 2.45) is 0 Å². The number of hydrogen-bond acceptors (Lipinski definition) is 2. The Morgan fingerprint density at radius 3 is 1.26 bits per heavy atom. The van der Waals surface area contributed by atoms with Gasteiger partial charge in [-0.25, -0.2) is 0 Å². The van der Waals surface area contributed by atoms with E-state index in [1.165, 1.54) is 33.4 Å². The molecule has 4 rings (SSSR count). The number of rotatable bonds is 1. The van der Waals surface area contributed by atoms with E-state index in [9.17, 15) is 0 Å². The van der Waals surface area contributed by atoms with E-state index in [2.05, 4.69) is 138 Å². The van der Waals surface area contributed by atoms with Gasteiger partial charge in [-0.3, -0.25) is 0 Å². The first-order valence-corrected chi connectivity index (χ1v) is 15.3. The summed E-state index contributed by atoms with van der Waals surface area (Å²) in [6, 6.07) is 20.1. The van der Waals surface area contributed by atoms with Crippen LogP contribution in [-0.2, 0) is 28.1 Å². The fraction of sp³-hybridized carbons (Fsp3) is 0.486. The molecule has 0 spiro atoms. The Hall–Kier alpha value is -2.52. The van der Waals surface area contributed by atoms with E-state index in [-0.39, 0.29) is 21.7 Å². The van der Waals surface area contributed by atoms with E-state index < -0.39 is 9.28 Å². The average Bonchev–Trinajstić information content (AvgIpc) is 2.76. The third-order valence-corrected chi connectivity index (χ3v) is 9.04. The molecule has 1 heterocycles. The first-order chi connectivity index (χ1) is 17.4. The van der Waals surface area contributed by atoms with Gasteiger partial charge < -0.3 is 8.85 Å². The molecule has 0 aromatic heterocycles. The SMILES string of the molecule is CC(C)(C)c1cc2c(c(C(C)(C)C)c1)O[Si](c1ccccc1)Oc1c(cc(C(C)(C)C)cc1C(C)(C)C)C2. The molecule has 2 nitrogen and oxygen atoms in total. The Morgan fingerprint density at radius 2 is 0.921 bits per heavy atom. The van der Waals surface area contributed by atoms with Gasteiger partial charge in [0.05, 0.1) is 0 Å². The lowest BCUT2D eigenvalue weighted by molar-refractivity contribution is 0.406. The highest BCUT2D eigenvalue weighted by Crippen LogP contribution is 2.45. The summed E-state index contributed by atoms with van der Waals surface area (Å²) in [6.07, 6.45) is 0.786. The summed E-state index contributed by atoms with van der Waals surface area (Å²) in [5, 5.41) is 1.12. The molecule has 0 atom stereocenters. The molecule has 0 N–H and O–H groups in total. The molecule has 0 saturated heterocycles. The first-order valence-electron chi connectivity index (χ1n) is 14.0. The molecule has 0 unspecified atom stereocenters. The van der Waals surface area contributed by atoms with E-state index in [4.69, 9.17) is 8.85 Å². The lowest BCUT2D eigenvalue weighted by Gasteiger charge is -2.35. The van der Waals surface area contributed by atoms with Crippen molar-refractivity contribution < 1.29 is 8.85 Å². The fourth-order valence-corrected chi connectivity index (χ4v) is 6.56. The minimum Gasteiger partial charge on any atom is -0.506 e. The summed E-state index contributed by atoms with van der Waals surface area (Å²) in [5.41, 5.74) is 7.67. The molecule has 3 heteroatoms. The van der Waals surface area contributed by atoms with Crippen molar-refractivity contribution in [2.45, 2.75) is 111 Å². The van der Waals surface area contributed by atoms with Crippen LogP contribution < -0.4 is 14.0 Å². The van der Waals surface area contributed by atoms with Gasteiger partial charge in [0.2, 0.25) is 0 Å². The van der Waals surface area contributed by atoms with Gasteiger partial charge in [-0.2, -0.15) is 0 Å². The van der Waals surface area contributed by atoms with Crippen LogP contribution in [0.25, 0.3) is 0 Å². The van der Waals surface area contributed by atoms with Crippen LogP contribution in [0.1, 0.15) is 116 Å². The number of benzene rings is 3.